The van der Waals surface area contributed by atoms with Gasteiger partial charge in [0.15, 0.2) is 4.91 Å². The van der Waals surface area contributed by atoms with Crippen LogP contribution in [0.2, 0.25) is 0 Å². The Morgan fingerprint density at radius 2 is 2.07 bits per heavy atom. The van der Waals surface area contributed by atoms with Gasteiger partial charge in [-0.3, -0.25) is 4.79 Å². The van der Waals surface area contributed by atoms with E-state index in [4.69, 9.17) is 5.11 Å². The molecule has 0 aromatic heterocycles. The Labute approximate surface area is 83.8 Å². The number of carboxylic acid groups (broad SMARTS) is 1. The van der Waals surface area contributed by atoms with Gasteiger partial charge in [0.2, 0.25) is 5.12 Å². The molecule has 14 heavy (non-hydrogen) atoms. The predicted octanol–water partition coefficient (Wildman–Crippen LogP) is -0.371. The van der Waals surface area contributed by atoms with Crippen molar-refractivity contribution in [2.75, 3.05) is 6.26 Å². The number of sulfonamides is 1. The maximum atomic E-state index is 11.1. The molecule has 0 aliphatic carbocycles. The summed E-state index contributed by atoms with van der Waals surface area (Å²) in [5.74, 6) is -1.48. The lowest BCUT2D eigenvalue weighted by molar-refractivity contribution is -0.132. The molecule has 0 amide bonds. The van der Waals surface area contributed by atoms with E-state index in [0.717, 1.165) is 0 Å². The van der Waals surface area contributed by atoms with Gasteiger partial charge in [0.05, 0.1) is 6.21 Å². The van der Waals surface area contributed by atoms with Gasteiger partial charge in [0.1, 0.15) is 5.57 Å². The number of hydrogen-bond acceptors (Lipinski definition) is 5. The number of rotatable bonds is 2. The molecule has 0 unspecified atom stereocenters. The SMILES string of the molecule is CSC(=O)C1=C(C(=O)O)C=NS1(=O)=O. The van der Waals surface area contributed by atoms with Gasteiger partial charge >= 0.3 is 5.97 Å². The van der Waals surface area contributed by atoms with Crippen LogP contribution in [0.1, 0.15) is 0 Å². The summed E-state index contributed by atoms with van der Waals surface area (Å²) in [4.78, 5) is 20.9. The number of carbonyl (C=O) groups excluding carboxylic acids is 1. The van der Waals surface area contributed by atoms with E-state index in [1.54, 1.807) is 0 Å². The number of thioether (sulfide) groups is 1. The minimum absolute atomic E-state index is 0.579. The number of nitrogens with zero attached hydrogens (tertiary/aromatic N) is 1. The van der Waals surface area contributed by atoms with Crippen LogP contribution in [-0.4, -0.2) is 37.1 Å². The maximum absolute atomic E-state index is 11.1. The quantitative estimate of drug-likeness (QED) is 0.700. The van der Waals surface area contributed by atoms with Gasteiger partial charge in [-0.05, 0) is 6.26 Å². The predicted molar refractivity (Wildman–Crippen MR) is 50.6 cm³/mol. The molecule has 0 saturated heterocycles. The number of aliphatic carboxylic acids is 1. The Kier molecular flexibility index (Phi) is 2.76. The normalized spacial score (nSPS) is 18.6. The van der Waals surface area contributed by atoms with Gasteiger partial charge in [-0.1, -0.05) is 11.8 Å². The first-order chi connectivity index (χ1) is 6.40. The smallest absolute Gasteiger partial charge is 0.338 e. The maximum Gasteiger partial charge on any atom is 0.338 e. The van der Waals surface area contributed by atoms with E-state index in [1.165, 1.54) is 6.26 Å². The minimum Gasteiger partial charge on any atom is -0.478 e. The standard InChI is InChI=1S/C6H5NO5S2/c1-13-6(10)4-3(5(8)9)2-7-14(4,11)12/h2H,1H3,(H,8,9). The Morgan fingerprint density at radius 1 is 1.50 bits per heavy atom. The Morgan fingerprint density at radius 3 is 2.50 bits per heavy atom. The average Bonchev–Trinajstić information content (AvgIpc) is 2.40. The molecule has 0 aromatic carbocycles. The van der Waals surface area contributed by atoms with Crippen LogP contribution in [-0.2, 0) is 19.6 Å². The van der Waals surface area contributed by atoms with Crippen molar-refractivity contribution < 1.29 is 23.1 Å². The van der Waals surface area contributed by atoms with E-state index in [-0.39, 0.29) is 0 Å². The highest BCUT2D eigenvalue weighted by atomic mass is 32.2. The van der Waals surface area contributed by atoms with Crippen molar-refractivity contribution >= 4 is 39.1 Å². The second-order valence-electron chi connectivity index (χ2n) is 2.25. The highest BCUT2D eigenvalue weighted by molar-refractivity contribution is 8.15. The molecule has 1 aliphatic heterocycles. The topological polar surface area (TPSA) is 101 Å². The van der Waals surface area contributed by atoms with Crippen molar-refractivity contribution in [3.05, 3.63) is 10.5 Å². The molecule has 76 valence electrons. The van der Waals surface area contributed by atoms with Crippen molar-refractivity contribution in [2.24, 2.45) is 4.40 Å². The highest BCUT2D eigenvalue weighted by Gasteiger charge is 2.34. The van der Waals surface area contributed by atoms with E-state index in [1.807, 2.05) is 0 Å². The van der Waals surface area contributed by atoms with Crippen LogP contribution < -0.4 is 0 Å². The Bertz CT molecular complexity index is 459. The summed E-state index contributed by atoms with van der Waals surface area (Å²) in [6.45, 7) is 0. The highest BCUT2D eigenvalue weighted by Crippen LogP contribution is 2.24. The first-order valence-electron chi connectivity index (χ1n) is 3.26. The van der Waals surface area contributed by atoms with Crippen molar-refractivity contribution in [1.29, 1.82) is 0 Å². The molecule has 1 rings (SSSR count). The van der Waals surface area contributed by atoms with Crippen molar-refractivity contribution in [3.63, 3.8) is 0 Å². The second-order valence-corrected chi connectivity index (χ2v) is 4.60. The van der Waals surface area contributed by atoms with Crippen molar-refractivity contribution in [3.8, 4) is 0 Å². The minimum atomic E-state index is -4.09. The van der Waals surface area contributed by atoms with E-state index in [0.29, 0.717) is 18.0 Å². The van der Waals surface area contributed by atoms with E-state index >= 15 is 0 Å². The summed E-state index contributed by atoms with van der Waals surface area (Å²) in [5.41, 5.74) is -0.579. The molecule has 0 bridgehead atoms. The fourth-order valence-corrected chi connectivity index (χ4v) is 2.67. The van der Waals surface area contributed by atoms with Crippen molar-refractivity contribution in [1.82, 2.24) is 0 Å². The first kappa shape index (κ1) is 10.9. The van der Waals surface area contributed by atoms with Crippen LogP contribution in [0.25, 0.3) is 0 Å². The van der Waals surface area contributed by atoms with Gasteiger partial charge < -0.3 is 5.11 Å². The van der Waals surface area contributed by atoms with Gasteiger partial charge in [-0.25, -0.2) is 4.79 Å². The summed E-state index contributed by atoms with van der Waals surface area (Å²) in [7, 11) is -4.09. The third kappa shape index (κ3) is 1.70. The fraction of sp³-hybridized carbons (Fsp3) is 0.167. The van der Waals surface area contributed by atoms with E-state index < -0.39 is 31.6 Å². The lowest BCUT2D eigenvalue weighted by atomic mass is 10.3. The molecule has 1 N–H and O–H groups in total. The largest absolute Gasteiger partial charge is 0.478 e. The molecule has 0 fully saturated rings. The third-order valence-corrected chi connectivity index (χ3v) is 3.43. The van der Waals surface area contributed by atoms with Gasteiger partial charge in [0, 0.05) is 0 Å². The lowest BCUT2D eigenvalue weighted by Crippen LogP contribution is -2.11. The number of carbonyl (C=O) groups is 2. The van der Waals surface area contributed by atoms with Gasteiger partial charge in [0.25, 0.3) is 10.0 Å². The second kappa shape index (κ2) is 3.54. The lowest BCUT2D eigenvalue weighted by Gasteiger charge is -1.97. The van der Waals surface area contributed by atoms with Crippen LogP contribution in [0.15, 0.2) is 14.9 Å². The Balaban J connectivity index is 3.40. The zero-order chi connectivity index (χ0) is 10.9. The summed E-state index contributed by atoms with van der Waals surface area (Å²) >= 11 is 0.626. The molecule has 0 spiro atoms. The van der Waals surface area contributed by atoms with Crippen molar-refractivity contribution in [2.45, 2.75) is 0 Å². The monoisotopic (exact) mass is 235 g/mol. The summed E-state index contributed by atoms with van der Waals surface area (Å²) in [6, 6.07) is 0. The average molecular weight is 235 g/mol. The van der Waals surface area contributed by atoms with E-state index in [2.05, 4.69) is 4.40 Å². The molecule has 1 aliphatic rings. The van der Waals surface area contributed by atoms with Crippen LogP contribution in [0, 0.1) is 0 Å². The molecule has 0 aromatic rings. The van der Waals surface area contributed by atoms with Crippen LogP contribution in [0.5, 0.6) is 0 Å². The molecule has 1 heterocycles. The molecule has 6 nitrogen and oxygen atoms in total. The Hall–Kier alpha value is -1.15. The molecular weight excluding hydrogens is 230 g/mol. The van der Waals surface area contributed by atoms with E-state index in [9.17, 15) is 18.0 Å². The molecule has 0 atom stereocenters. The molecule has 0 radical (unpaired) electrons. The number of carboxylic acids is 1. The first-order valence-corrected chi connectivity index (χ1v) is 5.93. The van der Waals surface area contributed by atoms with Gasteiger partial charge in [-0.2, -0.15) is 12.8 Å². The summed E-state index contributed by atoms with van der Waals surface area (Å²) in [5, 5.41) is 7.77. The molecule has 8 heteroatoms. The third-order valence-electron chi connectivity index (χ3n) is 1.42. The van der Waals surface area contributed by atoms with Crippen LogP contribution in [0.3, 0.4) is 0 Å². The fourth-order valence-electron chi connectivity index (χ4n) is 0.833. The molecular formula is C6H5NO5S2. The summed E-state index contributed by atoms with van der Waals surface area (Å²) in [6.07, 6.45) is 2.03. The van der Waals surface area contributed by atoms with Crippen LogP contribution in [0.4, 0.5) is 0 Å². The molecule has 0 saturated carbocycles. The zero-order valence-electron chi connectivity index (χ0n) is 6.92. The number of hydrogen-bond donors (Lipinski definition) is 1. The summed E-state index contributed by atoms with van der Waals surface area (Å²) < 4.78 is 25.2. The van der Waals surface area contributed by atoms with Gasteiger partial charge in [-0.15, -0.1) is 0 Å². The zero-order valence-corrected chi connectivity index (χ0v) is 8.55. The van der Waals surface area contributed by atoms with Crippen LogP contribution >= 0.6 is 11.8 Å².